The van der Waals surface area contributed by atoms with Crippen molar-refractivity contribution in [2.24, 2.45) is 0 Å². The van der Waals surface area contributed by atoms with Crippen LogP contribution in [0.15, 0.2) is 40.2 Å². The zero-order valence-corrected chi connectivity index (χ0v) is 12.2. The average molecular weight is 290 g/mol. The van der Waals surface area contributed by atoms with E-state index in [1.807, 2.05) is 30.5 Å². The van der Waals surface area contributed by atoms with E-state index >= 15 is 0 Å². The maximum atomic E-state index is 11.9. The Kier molecular flexibility index (Phi) is 4.24. The highest BCUT2D eigenvalue weighted by Gasteiger charge is 2.16. The van der Waals surface area contributed by atoms with E-state index < -0.39 is 11.4 Å². The fourth-order valence-corrected chi connectivity index (χ4v) is 2.18. The summed E-state index contributed by atoms with van der Waals surface area (Å²) in [7, 11) is 1.23. The van der Waals surface area contributed by atoms with Crippen LogP contribution in [0.2, 0.25) is 0 Å². The van der Waals surface area contributed by atoms with Crippen molar-refractivity contribution >= 4 is 17.7 Å². The van der Waals surface area contributed by atoms with Gasteiger partial charge in [-0.3, -0.25) is 4.79 Å². The maximum Gasteiger partial charge on any atom is 0.362 e. The first-order chi connectivity index (χ1) is 9.56. The molecule has 2 aromatic rings. The Morgan fingerprint density at radius 3 is 2.80 bits per heavy atom. The van der Waals surface area contributed by atoms with Crippen LogP contribution >= 0.6 is 11.8 Å². The van der Waals surface area contributed by atoms with E-state index in [0.717, 1.165) is 10.6 Å². The lowest BCUT2D eigenvalue weighted by atomic mass is 10.2. The van der Waals surface area contributed by atoms with Crippen LogP contribution in [0.1, 0.15) is 16.1 Å². The molecule has 1 aromatic heterocycles. The summed E-state index contributed by atoms with van der Waals surface area (Å²) in [6.07, 6.45) is 3.58. The molecule has 2 rings (SSSR count). The van der Waals surface area contributed by atoms with Gasteiger partial charge in [-0.1, -0.05) is 6.07 Å². The highest BCUT2D eigenvalue weighted by molar-refractivity contribution is 7.98. The summed E-state index contributed by atoms with van der Waals surface area (Å²) < 4.78 is 6.11. The Hall–Kier alpha value is -2.08. The Labute approximate surface area is 120 Å². The maximum absolute atomic E-state index is 11.9. The molecule has 0 bridgehead atoms. The van der Waals surface area contributed by atoms with Crippen molar-refractivity contribution in [1.82, 2.24) is 9.78 Å². The minimum atomic E-state index is -0.728. The number of hydrogen-bond donors (Lipinski definition) is 0. The van der Waals surface area contributed by atoms with Crippen LogP contribution in [0.5, 0.6) is 0 Å². The van der Waals surface area contributed by atoms with E-state index in [1.165, 1.54) is 11.8 Å². The number of rotatable bonds is 3. The molecule has 20 heavy (non-hydrogen) atoms. The number of aryl methyl sites for hydroxylation is 1. The van der Waals surface area contributed by atoms with Crippen molar-refractivity contribution in [2.75, 3.05) is 13.4 Å². The summed E-state index contributed by atoms with van der Waals surface area (Å²) in [4.78, 5) is 24.6. The first-order valence-electron chi connectivity index (χ1n) is 5.90. The lowest BCUT2D eigenvalue weighted by Gasteiger charge is -2.09. The molecule has 0 aliphatic heterocycles. The third-order valence-electron chi connectivity index (χ3n) is 2.79. The fourth-order valence-electron chi connectivity index (χ4n) is 1.73. The summed E-state index contributed by atoms with van der Waals surface area (Å²) in [5.74, 6) is -0.728. The lowest BCUT2D eigenvalue weighted by molar-refractivity contribution is 0.0590. The minimum Gasteiger partial charge on any atom is -0.464 e. The number of ether oxygens (including phenoxy) is 1. The summed E-state index contributed by atoms with van der Waals surface area (Å²) in [6, 6.07) is 7.67. The largest absolute Gasteiger partial charge is 0.464 e. The smallest absolute Gasteiger partial charge is 0.362 e. The molecule has 0 aliphatic carbocycles. The van der Waals surface area contributed by atoms with Crippen LogP contribution in [0.25, 0.3) is 5.69 Å². The van der Waals surface area contributed by atoms with Crippen molar-refractivity contribution in [3.63, 3.8) is 0 Å². The van der Waals surface area contributed by atoms with E-state index in [2.05, 4.69) is 9.84 Å². The lowest BCUT2D eigenvalue weighted by Crippen LogP contribution is -2.24. The molecular weight excluding hydrogens is 276 g/mol. The van der Waals surface area contributed by atoms with Gasteiger partial charge in [-0.15, -0.1) is 11.8 Å². The molecule has 0 spiro atoms. The van der Waals surface area contributed by atoms with Gasteiger partial charge < -0.3 is 4.74 Å². The molecule has 0 radical (unpaired) electrons. The van der Waals surface area contributed by atoms with Gasteiger partial charge in [0.1, 0.15) is 0 Å². The van der Waals surface area contributed by atoms with Crippen LogP contribution < -0.4 is 5.43 Å². The standard InChI is InChI=1S/C14H14N2O3S/c1-9-8-16(10-5-4-6-11(7-10)20-3)15-12(13(9)17)14(18)19-2/h4-8H,1-3H3. The van der Waals surface area contributed by atoms with E-state index in [4.69, 9.17) is 0 Å². The van der Waals surface area contributed by atoms with E-state index in [0.29, 0.717) is 5.56 Å². The van der Waals surface area contributed by atoms with E-state index in [1.54, 1.807) is 24.9 Å². The topological polar surface area (TPSA) is 61.2 Å². The number of hydrogen-bond acceptors (Lipinski definition) is 5. The number of carbonyl (C=O) groups excluding carboxylic acids is 1. The van der Waals surface area contributed by atoms with Gasteiger partial charge in [0.25, 0.3) is 0 Å². The third kappa shape index (κ3) is 2.75. The summed E-state index contributed by atoms with van der Waals surface area (Å²) in [5.41, 5.74) is 0.608. The van der Waals surface area contributed by atoms with Gasteiger partial charge in [-0.05, 0) is 31.4 Å². The summed E-state index contributed by atoms with van der Waals surface area (Å²) >= 11 is 1.61. The predicted molar refractivity (Wildman–Crippen MR) is 77.7 cm³/mol. The minimum absolute atomic E-state index is 0.206. The highest BCUT2D eigenvalue weighted by atomic mass is 32.2. The molecule has 0 amide bonds. The van der Waals surface area contributed by atoms with Gasteiger partial charge in [0.15, 0.2) is 0 Å². The van der Waals surface area contributed by atoms with Gasteiger partial charge in [0.05, 0.1) is 12.8 Å². The molecule has 1 heterocycles. The number of nitrogens with zero attached hydrogens (tertiary/aromatic N) is 2. The quantitative estimate of drug-likeness (QED) is 0.639. The molecule has 0 saturated carbocycles. The number of thioether (sulfide) groups is 1. The van der Waals surface area contributed by atoms with E-state index in [9.17, 15) is 9.59 Å². The molecule has 0 N–H and O–H groups in total. The first-order valence-corrected chi connectivity index (χ1v) is 7.12. The van der Waals surface area contributed by atoms with Crippen molar-refractivity contribution in [3.8, 4) is 5.69 Å². The molecular formula is C14H14N2O3S. The Morgan fingerprint density at radius 2 is 2.15 bits per heavy atom. The SMILES string of the molecule is COC(=O)c1nn(-c2cccc(SC)c2)cc(C)c1=O. The molecule has 6 heteroatoms. The predicted octanol–water partition coefficient (Wildman–Crippen LogP) is 2.05. The zero-order chi connectivity index (χ0) is 14.7. The highest BCUT2D eigenvalue weighted by Crippen LogP contribution is 2.18. The second kappa shape index (κ2) is 5.92. The van der Waals surface area contributed by atoms with Crippen LogP contribution in [0.4, 0.5) is 0 Å². The van der Waals surface area contributed by atoms with E-state index in [-0.39, 0.29) is 5.69 Å². The van der Waals surface area contributed by atoms with Gasteiger partial charge in [-0.25, -0.2) is 9.48 Å². The molecule has 5 nitrogen and oxygen atoms in total. The number of methoxy groups -OCH3 is 1. The average Bonchev–Trinajstić information content (AvgIpc) is 2.49. The molecule has 1 aromatic carbocycles. The normalized spacial score (nSPS) is 10.3. The second-order valence-electron chi connectivity index (χ2n) is 4.13. The second-order valence-corrected chi connectivity index (χ2v) is 5.01. The van der Waals surface area contributed by atoms with Gasteiger partial charge in [0.2, 0.25) is 11.1 Å². The number of benzene rings is 1. The van der Waals surface area contributed by atoms with Crippen LogP contribution in [0, 0.1) is 6.92 Å². The molecule has 0 atom stereocenters. The van der Waals surface area contributed by atoms with Crippen LogP contribution in [-0.4, -0.2) is 29.1 Å². The first kappa shape index (κ1) is 14.3. The summed E-state index contributed by atoms with van der Waals surface area (Å²) in [5, 5.41) is 4.07. The van der Waals surface area contributed by atoms with Crippen LogP contribution in [0.3, 0.4) is 0 Å². The molecule has 0 saturated heterocycles. The van der Waals surface area contributed by atoms with Gasteiger partial charge in [-0.2, -0.15) is 5.10 Å². The monoisotopic (exact) mass is 290 g/mol. The Morgan fingerprint density at radius 1 is 1.40 bits per heavy atom. The van der Waals surface area contributed by atoms with Crippen molar-refractivity contribution in [1.29, 1.82) is 0 Å². The van der Waals surface area contributed by atoms with Crippen molar-refractivity contribution in [2.45, 2.75) is 11.8 Å². The van der Waals surface area contributed by atoms with Crippen molar-refractivity contribution in [3.05, 3.63) is 51.9 Å². The molecule has 104 valence electrons. The third-order valence-corrected chi connectivity index (χ3v) is 3.52. The summed E-state index contributed by atoms with van der Waals surface area (Å²) in [6.45, 7) is 1.64. The van der Waals surface area contributed by atoms with Crippen LogP contribution in [-0.2, 0) is 4.74 Å². The number of esters is 1. The Balaban J connectivity index is 2.60. The number of aromatic nitrogens is 2. The van der Waals surface area contributed by atoms with Crippen molar-refractivity contribution < 1.29 is 9.53 Å². The molecule has 0 unspecified atom stereocenters. The molecule has 0 fully saturated rings. The van der Waals surface area contributed by atoms with Gasteiger partial charge in [0, 0.05) is 16.7 Å². The molecule has 0 aliphatic rings. The van der Waals surface area contributed by atoms with Gasteiger partial charge >= 0.3 is 5.97 Å². The number of carbonyl (C=O) groups is 1. The Bertz CT molecular complexity index is 710. The fraction of sp³-hybridized carbons (Fsp3) is 0.214. The zero-order valence-electron chi connectivity index (χ0n) is 11.4.